The SMILES string of the molecule is CC[C@H]1CCCCN1C(=O)COC(=O)c1nn(CC)c(=O)c2ccccc12. The van der Waals surface area contributed by atoms with Crippen molar-refractivity contribution in [1.82, 2.24) is 14.7 Å². The molecule has 1 atom stereocenters. The van der Waals surface area contributed by atoms with Gasteiger partial charge in [-0.25, -0.2) is 9.48 Å². The third kappa shape index (κ3) is 3.86. The molecular weight excluding hydrogens is 346 g/mol. The summed E-state index contributed by atoms with van der Waals surface area (Å²) in [5.41, 5.74) is -0.189. The van der Waals surface area contributed by atoms with Crippen LogP contribution in [-0.4, -0.2) is 45.8 Å². The number of fused-ring (bicyclic) bond motifs is 1. The molecule has 0 aliphatic carbocycles. The van der Waals surface area contributed by atoms with Gasteiger partial charge < -0.3 is 9.64 Å². The van der Waals surface area contributed by atoms with E-state index in [1.807, 2.05) is 4.90 Å². The molecule has 0 radical (unpaired) electrons. The van der Waals surface area contributed by atoms with Crippen LogP contribution in [0.4, 0.5) is 0 Å². The van der Waals surface area contributed by atoms with Gasteiger partial charge in [0.2, 0.25) is 0 Å². The molecule has 144 valence electrons. The first-order valence-electron chi connectivity index (χ1n) is 9.53. The van der Waals surface area contributed by atoms with Gasteiger partial charge in [-0.2, -0.15) is 5.10 Å². The lowest BCUT2D eigenvalue weighted by Crippen LogP contribution is -2.45. The Labute approximate surface area is 157 Å². The average molecular weight is 371 g/mol. The second-order valence-corrected chi connectivity index (χ2v) is 6.74. The number of esters is 1. The van der Waals surface area contributed by atoms with Crippen molar-refractivity contribution in [2.45, 2.75) is 52.1 Å². The van der Waals surface area contributed by atoms with E-state index in [4.69, 9.17) is 4.74 Å². The lowest BCUT2D eigenvalue weighted by molar-refractivity contribution is -0.138. The molecule has 3 rings (SSSR count). The molecule has 7 heteroatoms. The predicted molar refractivity (Wildman–Crippen MR) is 102 cm³/mol. The number of hydrogen-bond acceptors (Lipinski definition) is 5. The largest absolute Gasteiger partial charge is 0.451 e. The van der Waals surface area contributed by atoms with E-state index in [2.05, 4.69) is 12.0 Å². The van der Waals surface area contributed by atoms with Gasteiger partial charge in [0.05, 0.1) is 5.39 Å². The van der Waals surface area contributed by atoms with Crippen molar-refractivity contribution in [3.05, 3.63) is 40.3 Å². The van der Waals surface area contributed by atoms with Gasteiger partial charge in [-0.05, 0) is 38.7 Å². The summed E-state index contributed by atoms with van der Waals surface area (Å²) in [6.07, 6.45) is 3.98. The van der Waals surface area contributed by atoms with E-state index in [1.54, 1.807) is 31.2 Å². The van der Waals surface area contributed by atoms with Crippen LogP contribution in [0.25, 0.3) is 10.8 Å². The lowest BCUT2D eigenvalue weighted by Gasteiger charge is -2.35. The van der Waals surface area contributed by atoms with E-state index in [0.717, 1.165) is 25.7 Å². The molecule has 1 aliphatic rings. The van der Waals surface area contributed by atoms with E-state index < -0.39 is 5.97 Å². The van der Waals surface area contributed by atoms with Crippen LogP contribution in [0.1, 0.15) is 50.0 Å². The Morgan fingerprint density at radius 2 is 1.93 bits per heavy atom. The maximum atomic E-state index is 12.6. The Bertz CT molecular complexity index is 906. The Kier molecular flexibility index (Phi) is 5.88. The van der Waals surface area contributed by atoms with Crippen LogP contribution in [0.5, 0.6) is 0 Å². The molecule has 0 bridgehead atoms. The normalized spacial score (nSPS) is 17.1. The molecule has 1 aromatic carbocycles. The van der Waals surface area contributed by atoms with Crippen molar-refractivity contribution in [3.63, 3.8) is 0 Å². The molecule has 1 fully saturated rings. The minimum absolute atomic E-state index is 0.0607. The molecule has 0 N–H and O–H groups in total. The highest BCUT2D eigenvalue weighted by Crippen LogP contribution is 2.20. The molecule has 1 aliphatic heterocycles. The number of ether oxygens (including phenoxy) is 1. The summed E-state index contributed by atoms with van der Waals surface area (Å²) < 4.78 is 6.51. The molecular formula is C20H25N3O4. The third-order valence-corrected chi connectivity index (χ3v) is 5.11. The number of rotatable bonds is 5. The van der Waals surface area contributed by atoms with E-state index in [1.165, 1.54) is 4.68 Å². The van der Waals surface area contributed by atoms with Crippen molar-refractivity contribution < 1.29 is 14.3 Å². The highest BCUT2D eigenvalue weighted by atomic mass is 16.5. The molecule has 2 aromatic rings. The second kappa shape index (κ2) is 8.33. The van der Waals surface area contributed by atoms with Crippen LogP contribution >= 0.6 is 0 Å². The van der Waals surface area contributed by atoms with Gasteiger partial charge in [0.1, 0.15) is 0 Å². The van der Waals surface area contributed by atoms with Crippen LogP contribution in [-0.2, 0) is 16.1 Å². The van der Waals surface area contributed by atoms with Gasteiger partial charge in [-0.3, -0.25) is 9.59 Å². The summed E-state index contributed by atoms with van der Waals surface area (Å²) in [6.45, 7) is 4.58. The summed E-state index contributed by atoms with van der Waals surface area (Å²) >= 11 is 0. The smallest absolute Gasteiger partial charge is 0.359 e. The molecule has 2 heterocycles. The fraction of sp³-hybridized carbons (Fsp3) is 0.500. The van der Waals surface area contributed by atoms with Crippen LogP contribution in [0.3, 0.4) is 0 Å². The van der Waals surface area contributed by atoms with Gasteiger partial charge in [-0.1, -0.05) is 25.1 Å². The number of aryl methyl sites for hydroxylation is 1. The van der Waals surface area contributed by atoms with Gasteiger partial charge in [0, 0.05) is 24.5 Å². The number of amides is 1. The highest BCUT2D eigenvalue weighted by molar-refractivity contribution is 6.02. The minimum Gasteiger partial charge on any atom is -0.451 e. The van der Waals surface area contributed by atoms with Crippen molar-refractivity contribution in [2.24, 2.45) is 0 Å². The first-order chi connectivity index (χ1) is 13.1. The molecule has 1 amide bonds. The van der Waals surface area contributed by atoms with Gasteiger partial charge in [0.25, 0.3) is 11.5 Å². The Morgan fingerprint density at radius 3 is 2.63 bits per heavy atom. The summed E-state index contributed by atoms with van der Waals surface area (Å²) in [7, 11) is 0. The van der Waals surface area contributed by atoms with Gasteiger partial charge in [-0.15, -0.1) is 0 Å². The molecule has 0 saturated carbocycles. The number of hydrogen-bond donors (Lipinski definition) is 0. The maximum Gasteiger partial charge on any atom is 0.359 e. The zero-order valence-corrected chi connectivity index (χ0v) is 15.8. The molecule has 0 unspecified atom stereocenters. The fourth-order valence-electron chi connectivity index (χ4n) is 3.63. The first kappa shape index (κ1) is 19.1. The number of piperidine rings is 1. The number of carbonyl (C=O) groups is 2. The number of nitrogens with zero attached hydrogens (tertiary/aromatic N) is 3. The van der Waals surface area contributed by atoms with Crippen LogP contribution < -0.4 is 5.56 Å². The van der Waals surface area contributed by atoms with E-state index in [9.17, 15) is 14.4 Å². The molecule has 27 heavy (non-hydrogen) atoms. The van der Waals surface area contributed by atoms with E-state index in [-0.39, 0.29) is 29.8 Å². The molecule has 1 aromatic heterocycles. The molecule has 7 nitrogen and oxygen atoms in total. The number of aromatic nitrogens is 2. The Hall–Kier alpha value is -2.70. The van der Waals surface area contributed by atoms with E-state index in [0.29, 0.717) is 23.9 Å². The second-order valence-electron chi connectivity index (χ2n) is 6.74. The predicted octanol–water partition coefficient (Wildman–Crippen LogP) is 2.36. The summed E-state index contributed by atoms with van der Waals surface area (Å²) in [5, 5.41) is 5.00. The van der Waals surface area contributed by atoms with Crippen molar-refractivity contribution in [1.29, 1.82) is 0 Å². The summed E-state index contributed by atoms with van der Waals surface area (Å²) in [5.74, 6) is -0.866. The summed E-state index contributed by atoms with van der Waals surface area (Å²) in [6, 6.07) is 7.02. The fourth-order valence-corrected chi connectivity index (χ4v) is 3.63. The number of carbonyl (C=O) groups excluding carboxylic acids is 2. The zero-order valence-electron chi connectivity index (χ0n) is 15.8. The standard InChI is InChI=1S/C20H25N3O4/c1-3-14-9-7-8-12-22(14)17(24)13-27-20(26)18-15-10-5-6-11-16(15)19(25)23(4-2)21-18/h5-6,10-11,14H,3-4,7-9,12-13H2,1-2H3/t14-/m0/s1. The lowest BCUT2D eigenvalue weighted by atomic mass is 10.00. The molecule has 1 saturated heterocycles. The quantitative estimate of drug-likeness (QED) is 0.754. The third-order valence-electron chi connectivity index (χ3n) is 5.11. The van der Waals surface area contributed by atoms with Crippen LogP contribution in [0.15, 0.2) is 29.1 Å². The number of likely N-dealkylation sites (tertiary alicyclic amines) is 1. The highest BCUT2D eigenvalue weighted by Gasteiger charge is 2.26. The van der Waals surface area contributed by atoms with Gasteiger partial charge >= 0.3 is 5.97 Å². The van der Waals surface area contributed by atoms with Crippen molar-refractivity contribution >= 4 is 22.6 Å². The van der Waals surface area contributed by atoms with Crippen molar-refractivity contribution in [2.75, 3.05) is 13.2 Å². The Balaban J connectivity index is 1.79. The van der Waals surface area contributed by atoms with Crippen LogP contribution in [0.2, 0.25) is 0 Å². The maximum absolute atomic E-state index is 12.6. The average Bonchev–Trinajstić information content (AvgIpc) is 2.72. The first-order valence-corrected chi connectivity index (χ1v) is 9.53. The van der Waals surface area contributed by atoms with Gasteiger partial charge in [0.15, 0.2) is 12.3 Å². The minimum atomic E-state index is -0.688. The van der Waals surface area contributed by atoms with Crippen molar-refractivity contribution in [3.8, 4) is 0 Å². The van der Waals surface area contributed by atoms with E-state index >= 15 is 0 Å². The number of benzene rings is 1. The summed E-state index contributed by atoms with van der Waals surface area (Å²) in [4.78, 5) is 39.3. The topological polar surface area (TPSA) is 81.5 Å². The monoisotopic (exact) mass is 371 g/mol. The zero-order chi connectivity index (χ0) is 19.4. The van der Waals surface area contributed by atoms with Crippen LogP contribution in [0, 0.1) is 0 Å². The molecule has 0 spiro atoms. The Morgan fingerprint density at radius 1 is 1.19 bits per heavy atom.